The predicted molar refractivity (Wildman–Crippen MR) is 89.2 cm³/mol. The molecule has 0 saturated carbocycles. The summed E-state index contributed by atoms with van der Waals surface area (Å²) in [5, 5.41) is 0.712. The van der Waals surface area contributed by atoms with E-state index in [0.29, 0.717) is 35.4 Å². The largest absolute Gasteiger partial charge is 0.493 e. The van der Waals surface area contributed by atoms with E-state index in [0.717, 1.165) is 17.7 Å². The maximum atomic E-state index is 5.91. The Balaban J connectivity index is 1.78. The highest BCUT2D eigenvalue weighted by atomic mass is 35.5. The van der Waals surface area contributed by atoms with E-state index in [1.54, 1.807) is 25.3 Å². The highest BCUT2D eigenvalue weighted by Gasteiger charge is 2.05. The molecule has 0 unspecified atom stereocenters. The normalized spacial score (nSPS) is 10.3. The quantitative estimate of drug-likeness (QED) is 0.616. The second-order valence-corrected chi connectivity index (χ2v) is 5.31. The summed E-state index contributed by atoms with van der Waals surface area (Å²) in [5.74, 6) is 2.16. The smallest absolute Gasteiger partial charge is 0.162 e. The van der Waals surface area contributed by atoms with Crippen LogP contribution in [0.5, 0.6) is 17.2 Å². The minimum atomic E-state index is 0.535. The standard InChI is InChI=1S/C17H20ClNO3/c1-12-10-13(18)4-6-15(12)21-8-3-9-22-16-7-5-14(19)11-17(16)20-2/h4-7,10-11H,3,8-9,19H2,1-2H3. The van der Waals surface area contributed by atoms with Crippen molar-refractivity contribution in [3.05, 3.63) is 47.0 Å². The van der Waals surface area contributed by atoms with Crippen molar-refractivity contribution in [2.45, 2.75) is 13.3 Å². The summed E-state index contributed by atoms with van der Waals surface area (Å²) in [6, 6.07) is 10.9. The Labute approximate surface area is 135 Å². The number of aryl methyl sites for hydroxylation is 1. The van der Waals surface area contributed by atoms with E-state index in [-0.39, 0.29) is 0 Å². The van der Waals surface area contributed by atoms with Crippen LogP contribution < -0.4 is 19.9 Å². The van der Waals surface area contributed by atoms with Gasteiger partial charge in [-0.05, 0) is 42.8 Å². The van der Waals surface area contributed by atoms with Gasteiger partial charge in [0.25, 0.3) is 0 Å². The van der Waals surface area contributed by atoms with Crippen molar-refractivity contribution in [1.29, 1.82) is 0 Å². The van der Waals surface area contributed by atoms with Crippen molar-refractivity contribution in [1.82, 2.24) is 0 Å². The van der Waals surface area contributed by atoms with Crippen molar-refractivity contribution < 1.29 is 14.2 Å². The van der Waals surface area contributed by atoms with E-state index in [1.807, 2.05) is 25.1 Å². The zero-order valence-corrected chi connectivity index (χ0v) is 13.5. The topological polar surface area (TPSA) is 53.7 Å². The van der Waals surface area contributed by atoms with Crippen LogP contribution in [0.1, 0.15) is 12.0 Å². The summed E-state index contributed by atoms with van der Waals surface area (Å²) in [4.78, 5) is 0. The van der Waals surface area contributed by atoms with Crippen LogP contribution in [0.15, 0.2) is 36.4 Å². The molecule has 2 aromatic rings. The monoisotopic (exact) mass is 321 g/mol. The lowest BCUT2D eigenvalue weighted by molar-refractivity contribution is 0.240. The third-order valence-corrected chi connectivity index (χ3v) is 3.36. The van der Waals surface area contributed by atoms with Crippen LogP contribution in [0, 0.1) is 6.92 Å². The lowest BCUT2D eigenvalue weighted by Crippen LogP contribution is -2.06. The first-order chi connectivity index (χ1) is 10.6. The fourth-order valence-corrected chi connectivity index (χ4v) is 2.23. The first-order valence-corrected chi connectivity index (χ1v) is 7.43. The lowest BCUT2D eigenvalue weighted by atomic mass is 10.2. The molecule has 0 saturated heterocycles. The molecule has 0 bridgehead atoms. The van der Waals surface area contributed by atoms with Crippen molar-refractivity contribution in [3.63, 3.8) is 0 Å². The van der Waals surface area contributed by atoms with Crippen LogP contribution >= 0.6 is 11.6 Å². The molecule has 5 heteroatoms. The molecule has 0 amide bonds. The van der Waals surface area contributed by atoms with E-state index in [2.05, 4.69) is 0 Å². The molecule has 0 aromatic heterocycles. The van der Waals surface area contributed by atoms with Crippen LogP contribution in [0.3, 0.4) is 0 Å². The maximum absolute atomic E-state index is 5.91. The summed E-state index contributed by atoms with van der Waals surface area (Å²) in [5.41, 5.74) is 7.37. The Morgan fingerprint density at radius 2 is 1.64 bits per heavy atom. The van der Waals surface area contributed by atoms with Gasteiger partial charge in [0.15, 0.2) is 11.5 Å². The van der Waals surface area contributed by atoms with Crippen molar-refractivity contribution in [3.8, 4) is 17.2 Å². The number of halogens is 1. The highest BCUT2D eigenvalue weighted by molar-refractivity contribution is 6.30. The van der Waals surface area contributed by atoms with Gasteiger partial charge in [0.05, 0.1) is 20.3 Å². The first-order valence-electron chi connectivity index (χ1n) is 7.05. The van der Waals surface area contributed by atoms with Crippen molar-refractivity contribution >= 4 is 17.3 Å². The summed E-state index contributed by atoms with van der Waals surface area (Å²) in [6.45, 7) is 3.07. The number of nitrogen functional groups attached to an aromatic ring is 1. The Kier molecular flexibility index (Phi) is 5.78. The molecule has 0 fully saturated rings. The van der Waals surface area contributed by atoms with Gasteiger partial charge in [-0.25, -0.2) is 0 Å². The Hall–Kier alpha value is -2.07. The molecule has 0 aliphatic carbocycles. The zero-order chi connectivity index (χ0) is 15.9. The molecule has 4 nitrogen and oxygen atoms in total. The van der Waals surface area contributed by atoms with Gasteiger partial charge in [-0.1, -0.05) is 11.6 Å². The second-order valence-electron chi connectivity index (χ2n) is 4.87. The van der Waals surface area contributed by atoms with E-state index in [9.17, 15) is 0 Å². The molecule has 0 aliphatic heterocycles. The maximum Gasteiger partial charge on any atom is 0.162 e. The van der Waals surface area contributed by atoms with E-state index < -0.39 is 0 Å². The molecule has 118 valence electrons. The number of rotatable bonds is 7. The fourth-order valence-electron chi connectivity index (χ4n) is 2.00. The van der Waals surface area contributed by atoms with Crippen LogP contribution in [0.2, 0.25) is 5.02 Å². The summed E-state index contributed by atoms with van der Waals surface area (Å²) < 4.78 is 16.6. The summed E-state index contributed by atoms with van der Waals surface area (Å²) >= 11 is 5.91. The minimum Gasteiger partial charge on any atom is -0.493 e. The van der Waals surface area contributed by atoms with Gasteiger partial charge in [-0.15, -0.1) is 0 Å². The molecule has 0 radical (unpaired) electrons. The molecule has 2 rings (SSSR count). The van der Waals surface area contributed by atoms with E-state index in [4.69, 9.17) is 31.5 Å². The van der Waals surface area contributed by atoms with Crippen molar-refractivity contribution in [2.24, 2.45) is 0 Å². The molecule has 0 aliphatic rings. The number of anilines is 1. The Morgan fingerprint density at radius 1 is 0.955 bits per heavy atom. The van der Waals surface area contributed by atoms with Crippen LogP contribution in [-0.2, 0) is 0 Å². The number of hydrogen-bond acceptors (Lipinski definition) is 4. The first kappa shape index (κ1) is 16.3. The molecular formula is C17H20ClNO3. The number of nitrogens with two attached hydrogens (primary N) is 1. The average molecular weight is 322 g/mol. The molecule has 22 heavy (non-hydrogen) atoms. The zero-order valence-electron chi connectivity index (χ0n) is 12.8. The molecule has 2 N–H and O–H groups in total. The Bertz CT molecular complexity index is 631. The van der Waals surface area contributed by atoms with Gasteiger partial charge in [-0.2, -0.15) is 0 Å². The van der Waals surface area contributed by atoms with Gasteiger partial charge < -0.3 is 19.9 Å². The van der Waals surface area contributed by atoms with Crippen LogP contribution in [0.25, 0.3) is 0 Å². The predicted octanol–water partition coefficient (Wildman–Crippen LogP) is 4.09. The summed E-state index contributed by atoms with van der Waals surface area (Å²) in [7, 11) is 1.59. The number of methoxy groups -OCH3 is 1. The van der Waals surface area contributed by atoms with Crippen LogP contribution in [-0.4, -0.2) is 20.3 Å². The minimum absolute atomic E-state index is 0.535. The Morgan fingerprint density at radius 3 is 2.32 bits per heavy atom. The van der Waals surface area contributed by atoms with Gasteiger partial charge >= 0.3 is 0 Å². The van der Waals surface area contributed by atoms with Crippen molar-refractivity contribution in [2.75, 3.05) is 26.1 Å². The molecule has 0 spiro atoms. The van der Waals surface area contributed by atoms with Gasteiger partial charge in [-0.3, -0.25) is 0 Å². The number of ether oxygens (including phenoxy) is 3. The summed E-state index contributed by atoms with van der Waals surface area (Å²) in [6.07, 6.45) is 0.760. The molecule has 0 heterocycles. The third-order valence-electron chi connectivity index (χ3n) is 3.13. The SMILES string of the molecule is COc1cc(N)ccc1OCCCOc1ccc(Cl)cc1C. The third kappa shape index (κ3) is 4.46. The number of benzene rings is 2. The number of hydrogen-bond donors (Lipinski definition) is 1. The van der Waals surface area contributed by atoms with Gasteiger partial charge in [0.1, 0.15) is 5.75 Å². The lowest BCUT2D eigenvalue weighted by Gasteiger charge is -2.12. The molecular weight excluding hydrogens is 302 g/mol. The van der Waals surface area contributed by atoms with Crippen LogP contribution in [0.4, 0.5) is 5.69 Å². The fraction of sp³-hybridized carbons (Fsp3) is 0.294. The van der Waals surface area contributed by atoms with Gasteiger partial charge in [0, 0.05) is 23.2 Å². The second kappa shape index (κ2) is 7.80. The van der Waals surface area contributed by atoms with E-state index >= 15 is 0 Å². The van der Waals surface area contributed by atoms with Gasteiger partial charge in [0.2, 0.25) is 0 Å². The average Bonchev–Trinajstić information content (AvgIpc) is 2.50. The van der Waals surface area contributed by atoms with E-state index in [1.165, 1.54) is 0 Å². The molecule has 0 atom stereocenters. The highest BCUT2D eigenvalue weighted by Crippen LogP contribution is 2.29. The molecule has 2 aromatic carbocycles.